The zero-order valence-electron chi connectivity index (χ0n) is 10.8. The van der Waals surface area contributed by atoms with Crippen LogP contribution in [-0.2, 0) is 11.3 Å². The molecule has 1 N–H and O–H groups in total. The number of rotatable bonds is 5. The van der Waals surface area contributed by atoms with Crippen molar-refractivity contribution < 1.29 is 4.79 Å². The number of carbonyl (C=O) groups excluding carboxylic acids is 1. The van der Waals surface area contributed by atoms with Gasteiger partial charge in [0.1, 0.15) is 0 Å². The number of likely N-dealkylation sites (tertiary alicyclic amines) is 1. The first-order valence-electron chi connectivity index (χ1n) is 6.59. The third kappa shape index (κ3) is 4.58. The number of halogens is 2. The van der Waals surface area contributed by atoms with Crippen LogP contribution in [-0.4, -0.2) is 30.4 Å². The fourth-order valence-electron chi connectivity index (χ4n) is 2.20. The molecule has 0 saturated carbocycles. The van der Waals surface area contributed by atoms with Gasteiger partial charge in [-0.05, 0) is 62.4 Å². The Morgan fingerprint density at radius 3 is 2.63 bits per heavy atom. The molecule has 1 amide bonds. The van der Waals surface area contributed by atoms with Gasteiger partial charge in [-0.1, -0.05) is 6.07 Å². The van der Waals surface area contributed by atoms with Crippen molar-refractivity contribution in [2.75, 3.05) is 19.6 Å². The molecule has 0 spiro atoms. The second-order valence-corrected chi connectivity index (χ2v) is 6.47. The molecule has 1 aliphatic rings. The zero-order chi connectivity index (χ0) is 13.7. The van der Waals surface area contributed by atoms with E-state index in [1.807, 2.05) is 11.0 Å². The fraction of sp³-hybridized carbons (Fsp3) is 0.500. The van der Waals surface area contributed by atoms with E-state index < -0.39 is 0 Å². The van der Waals surface area contributed by atoms with Crippen molar-refractivity contribution >= 4 is 37.8 Å². The molecule has 0 atom stereocenters. The van der Waals surface area contributed by atoms with Crippen molar-refractivity contribution in [2.45, 2.75) is 25.8 Å². The summed E-state index contributed by atoms with van der Waals surface area (Å²) in [5.74, 6) is 0.280. The van der Waals surface area contributed by atoms with E-state index in [1.165, 1.54) is 5.56 Å². The third-order valence-electron chi connectivity index (χ3n) is 3.29. The zero-order valence-corrected chi connectivity index (χ0v) is 14.0. The van der Waals surface area contributed by atoms with Gasteiger partial charge in [0.25, 0.3) is 0 Å². The molecule has 0 unspecified atom stereocenters. The minimum atomic E-state index is 0.280. The fourth-order valence-corrected chi connectivity index (χ4v) is 2.88. The van der Waals surface area contributed by atoms with E-state index in [2.05, 4.69) is 49.3 Å². The van der Waals surface area contributed by atoms with E-state index in [0.717, 1.165) is 48.0 Å². The number of nitrogens with one attached hydrogen (secondary N) is 1. The Morgan fingerprint density at radius 1 is 1.21 bits per heavy atom. The predicted molar refractivity (Wildman–Crippen MR) is 84.0 cm³/mol. The predicted octanol–water partition coefficient (Wildman–Crippen LogP) is 3.31. The van der Waals surface area contributed by atoms with Crippen LogP contribution in [0.25, 0.3) is 0 Å². The SMILES string of the molecule is O=C(CCNCc1ccc(Br)c(Br)c1)N1CCCC1. The summed E-state index contributed by atoms with van der Waals surface area (Å²) in [6.07, 6.45) is 2.91. The Kier molecular flexibility index (Phi) is 5.85. The molecule has 0 aliphatic carbocycles. The standard InChI is InChI=1S/C14H18Br2N2O/c15-12-4-3-11(9-13(12)16)10-17-6-5-14(19)18-7-1-2-8-18/h3-4,9,17H,1-2,5-8,10H2. The molecule has 3 nitrogen and oxygen atoms in total. The summed E-state index contributed by atoms with van der Waals surface area (Å²) in [7, 11) is 0. The first-order chi connectivity index (χ1) is 9.16. The molecule has 1 aromatic carbocycles. The minimum absolute atomic E-state index is 0.280. The lowest BCUT2D eigenvalue weighted by Crippen LogP contribution is -2.30. The second-order valence-electron chi connectivity index (χ2n) is 4.76. The number of hydrogen-bond acceptors (Lipinski definition) is 2. The van der Waals surface area contributed by atoms with E-state index in [0.29, 0.717) is 6.42 Å². The van der Waals surface area contributed by atoms with Crippen LogP contribution in [0.3, 0.4) is 0 Å². The first kappa shape index (κ1) is 15.0. The van der Waals surface area contributed by atoms with E-state index in [-0.39, 0.29) is 5.91 Å². The summed E-state index contributed by atoms with van der Waals surface area (Å²) in [6, 6.07) is 6.18. The Bertz CT molecular complexity index is 445. The van der Waals surface area contributed by atoms with Crippen LogP contribution in [0.5, 0.6) is 0 Å². The van der Waals surface area contributed by atoms with Gasteiger partial charge in [-0.3, -0.25) is 4.79 Å². The van der Waals surface area contributed by atoms with Gasteiger partial charge >= 0.3 is 0 Å². The molecular formula is C14H18Br2N2O. The maximum atomic E-state index is 11.8. The van der Waals surface area contributed by atoms with Crippen LogP contribution in [0, 0.1) is 0 Å². The molecule has 1 aromatic rings. The molecule has 19 heavy (non-hydrogen) atoms. The van der Waals surface area contributed by atoms with Gasteiger partial charge in [0.05, 0.1) is 0 Å². The summed E-state index contributed by atoms with van der Waals surface area (Å²) in [6.45, 7) is 3.42. The van der Waals surface area contributed by atoms with Crippen LogP contribution in [0.2, 0.25) is 0 Å². The molecule has 1 fully saturated rings. The first-order valence-corrected chi connectivity index (χ1v) is 8.18. The van der Waals surface area contributed by atoms with Gasteiger partial charge in [0, 0.05) is 41.5 Å². The Balaban J connectivity index is 1.68. The average Bonchev–Trinajstić information content (AvgIpc) is 2.92. The average molecular weight is 390 g/mol. The molecule has 104 valence electrons. The van der Waals surface area contributed by atoms with E-state index in [4.69, 9.17) is 0 Å². The van der Waals surface area contributed by atoms with E-state index in [1.54, 1.807) is 0 Å². The normalized spacial score (nSPS) is 14.9. The highest BCUT2D eigenvalue weighted by atomic mass is 79.9. The third-order valence-corrected chi connectivity index (χ3v) is 5.17. The Morgan fingerprint density at radius 2 is 1.95 bits per heavy atom. The quantitative estimate of drug-likeness (QED) is 0.783. The van der Waals surface area contributed by atoms with Gasteiger partial charge in [0.2, 0.25) is 5.91 Å². The number of hydrogen-bond donors (Lipinski definition) is 1. The lowest BCUT2D eigenvalue weighted by molar-refractivity contribution is -0.130. The largest absolute Gasteiger partial charge is 0.343 e. The maximum absolute atomic E-state index is 11.8. The highest BCUT2D eigenvalue weighted by Crippen LogP contribution is 2.23. The van der Waals surface area contributed by atoms with Gasteiger partial charge in [-0.25, -0.2) is 0 Å². The maximum Gasteiger partial charge on any atom is 0.223 e. The summed E-state index contributed by atoms with van der Waals surface area (Å²) < 4.78 is 2.11. The van der Waals surface area contributed by atoms with Crippen molar-refractivity contribution in [3.63, 3.8) is 0 Å². The number of nitrogens with zero attached hydrogens (tertiary/aromatic N) is 1. The lowest BCUT2D eigenvalue weighted by Gasteiger charge is -2.15. The Labute approximate surface area is 131 Å². The molecule has 1 saturated heterocycles. The van der Waals surface area contributed by atoms with Crippen LogP contribution in [0.4, 0.5) is 0 Å². The second kappa shape index (κ2) is 7.41. The summed E-state index contributed by atoms with van der Waals surface area (Å²) >= 11 is 6.94. The number of benzene rings is 1. The highest BCUT2D eigenvalue weighted by molar-refractivity contribution is 9.13. The van der Waals surface area contributed by atoms with Crippen molar-refractivity contribution in [3.8, 4) is 0 Å². The van der Waals surface area contributed by atoms with Crippen molar-refractivity contribution in [3.05, 3.63) is 32.7 Å². The Hall–Kier alpha value is -0.390. The molecule has 2 rings (SSSR count). The number of carbonyl (C=O) groups is 1. The summed E-state index contributed by atoms with van der Waals surface area (Å²) in [5.41, 5.74) is 1.21. The molecular weight excluding hydrogens is 372 g/mol. The molecule has 0 radical (unpaired) electrons. The lowest BCUT2D eigenvalue weighted by atomic mass is 10.2. The van der Waals surface area contributed by atoms with Gasteiger partial charge in [-0.2, -0.15) is 0 Å². The molecule has 0 aromatic heterocycles. The topological polar surface area (TPSA) is 32.3 Å². The van der Waals surface area contributed by atoms with Crippen LogP contribution < -0.4 is 5.32 Å². The number of amides is 1. The van der Waals surface area contributed by atoms with Crippen LogP contribution in [0.15, 0.2) is 27.1 Å². The molecule has 1 aliphatic heterocycles. The molecule has 0 bridgehead atoms. The van der Waals surface area contributed by atoms with Gasteiger partial charge in [0.15, 0.2) is 0 Å². The van der Waals surface area contributed by atoms with Crippen molar-refractivity contribution in [1.29, 1.82) is 0 Å². The van der Waals surface area contributed by atoms with Crippen LogP contribution >= 0.6 is 31.9 Å². The van der Waals surface area contributed by atoms with E-state index in [9.17, 15) is 4.79 Å². The summed E-state index contributed by atoms with van der Waals surface area (Å²) in [5, 5.41) is 3.32. The monoisotopic (exact) mass is 388 g/mol. The molecule has 5 heteroatoms. The minimum Gasteiger partial charge on any atom is -0.343 e. The van der Waals surface area contributed by atoms with Gasteiger partial charge in [-0.15, -0.1) is 0 Å². The van der Waals surface area contributed by atoms with Gasteiger partial charge < -0.3 is 10.2 Å². The summed E-state index contributed by atoms with van der Waals surface area (Å²) in [4.78, 5) is 13.8. The van der Waals surface area contributed by atoms with Crippen molar-refractivity contribution in [1.82, 2.24) is 10.2 Å². The highest BCUT2D eigenvalue weighted by Gasteiger charge is 2.16. The van der Waals surface area contributed by atoms with Crippen LogP contribution in [0.1, 0.15) is 24.8 Å². The molecule has 1 heterocycles. The van der Waals surface area contributed by atoms with E-state index >= 15 is 0 Å². The van der Waals surface area contributed by atoms with Crippen molar-refractivity contribution in [2.24, 2.45) is 0 Å². The smallest absolute Gasteiger partial charge is 0.223 e.